The van der Waals surface area contributed by atoms with Gasteiger partial charge in [-0.1, -0.05) is 25.7 Å². The molecule has 0 amide bonds. The van der Waals surface area contributed by atoms with Gasteiger partial charge in [0.05, 0.1) is 0 Å². The van der Waals surface area contributed by atoms with Crippen molar-refractivity contribution in [2.24, 2.45) is 23.3 Å². The number of hydrogen-bond acceptors (Lipinski definition) is 2. The molecule has 0 heterocycles. The van der Waals surface area contributed by atoms with E-state index in [0.717, 1.165) is 18.4 Å². The van der Waals surface area contributed by atoms with Gasteiger partial charge in [0.1, 0.15) is 0 Å². The molecule has 2 nitrogen and oxygen atoms in total. The second kappa shape index (κ2) is 6.41. The van der Waals surface area contributed by atoms with Gasteiger partial charge in [0.2, 0.25) is 0 Å². The van der Waals surface area contributed by atoms with Crippen molar-refractivity contribution in [3.63, 3.8) is 0 Å². The lowest BCUT2D eigenvalue weighted by Crippen LogP contribution is -2.21. The van der Waals surface area contributed by atoms with Crippen molar-refractivity contribution in [1.29, 1.82) is 0 Å². The smallest absolute Gasteiger partial charge is 0.00104 e. The Bertz CT molecular complexity index is 137. The average Bonchev–Trinajstić information content (AvgIpc) is 2.18. The Kier molecular flexibility index (Phi) is 5.49. The predicted octanol–water partition coefficient (Wildman–Crippen LogP) is 2.27. The van der Waals surface area contributed by atoms with Crippen molar-refractivity contribution < 1.29 is 0 Å². The van der Waals surface area contributed by atoms with Gasteiger partial charge in [-0.3, -0.25) is 0 Å². The predicted molar refractivity (Wildman–Crippen MR) is 62.0 cm³/mol. The van der Waals surface area contributed by atoms with Gasteiger partial charge in [-0.25, -0.2) is 0 Å². The molecule has 4 N–H and O–H groups in total. The summed E-state index contributed by atoms with van der Waals surface area (Å²) in [5.74, 6) is 1.79. The molecule has 1 unspecified atom stereocenters. The third-order valence-electron chi connectivity index (χ3n) is 3.57. The van der Waals surface area contributed by atoms with Gasteiger partial charge in [-0.05, 0) is 44.6 Å². The van der Waals surface area contributed by atoms with E-state index in [1.54, 1.807) is 0 Å². The van der Waals surface area contributed by atoms with Crippen LogP contribution in [-0.2, 0) is 0 Å². The molecule has 1 rings (SSSR count). The van der Waals surface area contributed by atoms with Crippen LogP contribution in [0.4, 0.5) is 0 Å². The quantitative estimate of drug-likeness (QED) is 0.712. The summed E-state index contributed by atoms with van der Waals surface area (Å²) in [4.78, 5) is 0. The molecule has 1 atom stereocenters. The summed E-state index contributed by atoms with van der Waals surface area (Å²) >= 11 is 0. The molecule has 0 saturated heterocycles. The second-order valence-corrected chi connectivity index (χ2v) is 5.03. The molecule has 2 heteroatoms. The lowest BCUT2D eigenvalue weighted by atomic mass is 9.80. The molecule has 1 saturated carbocycles. The van der Waals surface area contributed by atoms with Crippen molar-refractivity contribution in [3.8, 4) is 0 Å². The van der Waals surface area contributed by atoms with E-state index < -0.39 is 0 Å². The maximum absolute atomic E-state index is 5.74. The van der Waals surface area contributed by atoms with Crippen LogP contribution in [0.25, 0.3) is 0 Å². The fourth-order valence-electron chi connectivity index (χ4n) is 2.48. The van der Waals surface area contributed by atoms with Gasteiger partial charge < -0.3 is 11.5 Å². The van der Waals surface area contributed by atoms with Crippen molar-refractivity contribution >= 4 is 0 Å². The van der Waals surface area contributed by atoms with E-state index in [0.29, 0.717) is 6.04 Å². The van der Waals surface area contributed by atoms with Crippen LogP contribution < -0.4 is 11.5 Å². The Morgan fingerprint density at radius 1 is 1.14 bits per heavy atom. The first-order chi connectivity index (χ1) is 6.72. The molecule has 0 aromatic rings. The Morgan fingerprint density at radius 3 is 2.21 bits per heavy atom. The first-order valence-corrected chi connectivity index (χ1v) is 6.18. The van der Waals surface area contributed by atoms with Crippen LogP contribution in [0.15, 0.2) is 0 Å². The fourth-order valence-corrected chi connectivity index (χ4v) is 2.48. The molecule has 14 heavy (non-hydrogen) atoms. The minimum Gasteiger partial charge on any atom is -0.330 e. The molecule has 1 aliphatic rings. The maximum atomic E-state index is 5.74. The van der Waals surface area contributed by atoms with Crippen LogP contribution in [-0.4, -0.2) is 12.6 Å². The normalized spacial score (nSPS) is 30.2. The summed E-state index contributed by atoms with van der Waals surface area (Å²) in [5, 5.41) is 0. The number of rotatable bonds is 5. The van der Waals surface area contributed by atoms with E-state index in [1.807, 2.05) is 0 Å². The number of hydrogen-bond donors (Lipinski definition) is 2. The van der Waals surface area contributed by atoms with E-state index >= 15 is 0 Å². The third-order valence-corrected chi connectivity index (χ3v) is 3.57. The number of nitrogens with two attached hydrogens (primary N) is 2. The van der Waals surface area contributed by atoms with Crippen molar-refractivity contribution in [2.45, 2.75) is 57.9 Å². The standard InChI is InChI=1S/C12H26N2/c1-10(14)3-2-4-11-5-7-12(9-13)8-6-11/h10-12H,2-9,13-14H2,1H3. The fraction of sp³-hybridized carbons (Fsp3) is 1.00. The monoisotopic (exact) mass is 198 g/mol. The van der Waals surface area contributed by atoms with E-state index in [2.05, 4.69) is 6.92 Å². The van der Waals surface area contributed by atoms with Gasteiger partial charge in [0, 0.05) is 6.04 Å². The summed E-state index contributed by atoms with van der Waals surface area (Å²) in [7, 11) is 0. The summed E-state index contributed by atoms with van der Waals surface area (Å²) in [6.45, 7) is 3.00. The van der Waals surface area contributed by atoms with Crippen LogP contribution >= 0.6 is 0 Å². The lowest BCUT2D eigenvalue weighted by molar-refractivity contribution is 0.262. The van der Waals surface area contributed by atoms with Crippen molar-refractivity contribution in [3.05, 3.63) is 0 Å². The molecule has 0 bridgehead atoms. The van der Waals surface area contributed by atoms with Gasteiger partial charge in [0.15, 0.2) is 0 Å². The van der Waals surface area contributed by atoms with Crippen LogP contribution in [0.2, 0.25) is 0 Å². The Balaban J connectivity index is 2.04. The topological polar surface area (TPSA) is 52.0 Å². The average molecular weight is 198 g/mol. The Labute approximate surface area is 88.4 Å². The molecule has 0 spiro atoms. The highest BCUT2D eigenvalue weighted by Gasteiger charge is 2.19. The van der Waals surface area contributed by atoms with Crippen LogP contribution in [0.3, 0.4) is 0 Å². The minimum atomic E-state index is 0.385. The molecule has 1 fully saturated rings. The Hall–Kier alpha value is -0.0800. The minimum absolute atomic E-state index is 0.385. The zero-order chi connectivity index (χ0) is 10.4. The van der Waals surface area contributed by atoms with Gasteiger partial charge in [-0.2, -0.15) is 0 Å². The first-order valence-electron chi connectivity index (χ1n) is 6.18. The lowest BCUT2D eigenvalue weighted by Gasteiger charge is -2.27. The highest BCUT2D eigenvalue weighted by molar-refractivity contribution is 4.73. The van der Waals surface area contributed by atoms with E-state index in [9.17, 15) is 0 Å². The van der Waals surface area contributed by atoms with Crippen LogP contribution in [0.5, 0.6) is 0 Å². The largest absolute Gasteiger partial charge is 0.330 e. The van der Waals surface area contributed by atoms with E-state index in [4.69, 9.17) is 11.5 Å². The van der Waals surface area contributed by atoms with Crippen molar-refractivity contribution in [1.82, 2.24) is 0 Å². The van der Waals surface area contributed by atoms with Crippen molar-refractivity contribution in [2.75, 3.05) is 6.54 Å². The molecule has 84 valence electrons. The molecule has 1 aliphatic carbocycles. The molecular formula is C12H26N2. The Morgan fingerprint density at radius 2 is 1.71 bits per heavy atom. The van der Waals surface area contributed by atoms with Gasteiger partial charge in [0.25, 0.3) is 0 Å². The summed E-state index contributed by atoms with van der Waals surface area (Å²) < 4.78 is 0. The third kappa shape index (κ3) is 4.43. The zero-order valence-corrected chi connectivity index (χ0v) is 9.54. The molecular weight excluding hydrogens is 172 g/mol. The molecule has 0 radical (unpaired) electrons. The first kappa shape index (κ1) is 12.0. The summed E-state index contributed by atoms with van der Waals surface area (Å²) in [5.41, 5.74) is 11.4. The van der Waals surface area contributed by atoms with Crippen LogP contribution in [0, 0.1) is 11.8 Å². The molecule has 0 aromatic heterocycles. The van der Waals surface area contributed by atoms with Crippen LogP contribution in [0.1, 0.15) is 51.9 Å². The summed E-state index contributed by atoms with van der Waals surface area (Å²) in [6, 6.07) is 0.385. The maximum Gasteiger partial charge on any atom is 0.00104 e. The highest BCUT2D eigenvalue weighted by Crippen LogP contribution is 2.31. The SMILES string of the molecule is CC(N)CCCC1CCC(CN)CC1. The van der Waals surface area contributed by atoms with Gasteiger partial charge >= 0.3 is 0 Å². The van der Waals surface area contributed by atoms with E-state index in [1.165, 1.54) is 44.9 Å². The molecule has 0 aromatic carbocycles. The highest BCUT2D eigenvalue weighted by atomic mass is 14.6. The van der Waals surface area contributed by atoms with E-state index in [-0.39, 0.29) is 0 Å². The summed E-state index contributed by atoms with van der Waals surface area (Å²) in [6.07, 6.45) is 9.42. The van der Waals surface area contributed by atoms with Gasteiger partial charge in [-0.15, -0.1) is 0 Å². The second-order valence-electron chi connectivity index (χ2n) is 5.03. The molecule has 0 aliphatic heterocycles. The zero-order valence-electron chi connectivity index (χ0n) is 9.54.